The van der Waals surface area contributed by atoms with Crippen molar-refractivity contribution in [2.24, 2.45) is 0 Å². The normalized spacial score (nSPS) is 10.8. The molecule has 0 bridgehead atoms. The lowest BCUT2D eigenvalue weighted by Gasteiger charge is -2.10. The number of hydrogen-bond acceptors (Lipinski definition) is 2. The fraction of sp³-hybridized carbons (Fsp3) is 0.250. The molecule has 0 saturated heterocycles. The van der Waals surface area contributed by atoms with Crippen molar-refractivity contribution in [3.8, 4) is 17.0 Å². The zero-order chi connectivity index (χ0) is 11.5. The van der Waals surface area contributed by atoms with Gasteiger partial charge in [0.15, 0.2) is 0 Å². The third-order valence-electron chi connectivity index (χ3n) is 2.09. The SMILES string of the molecule is CC(C)Oc1cccc(-c2[nH]ncc2Br)c1. The van der Waals surface area contributed by atoms with Crippen molar-refractivity contribution in [3.63, 3.8) is 0 Å². The van der Waals surface area contributed by atoms with Crippen LogP contribution in [-0.2, 0) is 0 Å². The molecule has 0 aliphatic carbocycles. The Morgan fingerprint density at radius 3 is 2.81 bits per heavy atom. The van der Waals surface area contributed by atoms with E-state index in [0.29, 0.717) is 0 Å². The lowest BCUT2D eigenvalue weighted by molar-refractivity contribution is 0.242. The molecule has 0 spiro atoms. The Morgan fingerprint density at radius 1 is 1.38 bits per heavy atom. The number of H-pyrrole nitrogens is 1. The quantitative estimate of drug-likeness (QED) is 0.933. The van der Waals surface area contributed by atoms with Gasteiger partial charge in [0.2, 0.25) is 0 Å². The zero-order valence-corrected chi connectivity index (χ0v) is 10.8. The van der Waals surface area contributed by atoms with Gasteiger partial charge in [-0.1, -0.05) is 12.1 Å². The Labute approximate surface area is 103 Å². The predicted molar refractivity (Wildman–Crippen MR) is 67.5 cm³/mol. The molecular formula is C12H13BrN2O. The Bertz CT molecular complexity index is 479. The molecule has 0 fully saturated rings. The van der Waals surface area contributed by atoms with E-state index in [1.54, 1.807) is 6.20 Å². The van der Waals surface area contributed by atoms with E-state index < -0.39 is 0 Å². The molecule has 84 valence electrons. The topological polar surface area (TPSA) is 37.9 Å². The molecule has 1 aromatic carbocycles. The second-order valence-corrected chi connectivity index (χ2v) is 4.64. The van der Waals surface area contributed by atoms with Gasteiger partial charge in [-0.3, -0.25) is 5.10 Å². The van der Waals surface area contributed by atoms with Crippen LogP contribution in [0.5, 0.6) is 5.75 Å². The van der Waals surface area contributed by atoms with Crippen LogP contribution in [0, 0.1) is 0 Å². The molecule has 1 aromatic heterocycles. The van der Waals surface area contributed by atoms with Crippen molar-refractivity contribution in [2.45, 2.75) is 20.0 Å². The monoisotopic (exact) mass is 280 g/mol. The molecule has 1 heterocycles. The summed E-state index contributed by atoms with van der Waals surface area (Å²) in [5, 5.41) is 6.93. The molecule has 0 saturated carbocycles. The fourth-order valence-corrected chi connectivity index (χ4v) is 1.89. The third-order valence-corrected chi connectivity index (χ3v) is 2.69. The first kappa shape index (κ1) is 11.2. The van der Waals surface area contributed by atoms with Crippen LogP contribution in [0.1, 0.15) is 13.8 Å². The standard InChI is InChI=1S/C12H13BrN2O/c1-8(2)16-10-5-3-4-9(6-10)12-11(13)7-14-15-12/h3-8H,1-2H3,(H,14,15). The van der Waals surface area contributed by atoms with Crippen LogP contribution >= 0.6 is 15.9 Å². The minimum atomic E-state index is 0.181. The summed E-state index contributed by atoms with van der Waals surface area (Å²) in [6.07, 6.45) is 1.92. The van der Waals surface area contributed by atoms with Gasteiger partial charge in [-0.15, -0.1) is 0 Å². The molecule has 0 unspecified atom stereocenters. The first-order valence-electron chi connectivity index (χ1n) is 5.13. The summed E-state index contributed by atoms with van der Waals surface area (Å²) in [7, 11) is 0. The van der Waals surface area contributed by atoms with Crippen LogP contribution in [0.4, 0.5) is 0 Å². The molecule has 4 heteroatoms. The highest BCUT2D eigenvalue weighted by atomic mass is 79.9. The molecule has 0 aliphatic heterocycles. The molecule has 3 nitrogen and oxygen atoms in total. The van der Waals surface area contributed by atoms with E-state index in [1.165, 1.54) is 0 Å². The number of nitrogens with zero attached hydrogens (tertiary/aromatic N) is 1. The van der Waals surface area contributed by atoms with Crippen LogP contribution in [0.25, 0.3) is 11.3 Å². The van der Waals surface area contributed by atoms with Gasteiger partial charge in [-0.2, -0.15) is 5.10 Å². The largest absolute Gasteiger partial charge is 0.491 e. The van der Waals surface area contributed by atoms with Crippen LogP contribution in [-0.4, -0.2) is 16.3 Å². The number of ether oxygens (including phenoxy) is 1. The van der Waals surface area contributed by atoms with Gasteiger partial charge in [0, 0.05) is 5.56 Å². The van der Waals surface area contributed by atoms with Crippen molar-refractivity contribution in [1.82, 2.24) is 10.2 Å². The van der Waals surface area contributed by atoms with Gasteiger partial charge in [0.25, 0.3) is 0 Å². The molecule has 1 N–H and O–H groups in total. The first-order chi connectivity index (χ1) is 7.66. The Hall–Kier alpha value is -1.29. The summed E-state index contributed by atoms with van der Waals surface area (Å²) >= 11 is 3.44. The zero-order valence-electron chi connectivity index (χ0n) is 9.20. The smallest absolute Gasteiger partial charge is 0.120 e. The Morgan fingerprint density at radius 2 is 2.19 bits per heavy atom. The summed E-state index contributed by atoms with van der Waals surface area (Å²) < 4.78 is 6.60. The summed E-state index contributed by atoms with van der Waals surface area (Å²) in [6.45, 7) is 4.03. The number of aromatic nitrogens is 2. The minimum absolute atomic E-state index is 0.181. The minimum Gasteiger partial charge on any atom is -0.491 e. The summed E-state index contributed by atoms with van der Waals surface area (Å²) in [5.41, 5.74) is 2.02. The second-order valence-electron chi connectivity index (χ2n) is 3.79. The number of hydrogen-bond donors (Lipinski definition) is 1. The van der Waals surface area contributed by atoms with Gasteiger partial charge in [-0.25, -0.2) is 0 Å². The number of aromatic amines is 1. The van der Waals surface area contributed by atoms with E-state index in [9.17, 15) is 0 Å². The fourth-order valence-electron chi connectivity index (χ4n) is 1.47. The third kappa shape index (κ3) is 2.44. The van der Waals surface area contributed by atoms with E-state index in [0.717, 1.165) is 21.5 Å². The van der Waals surface area contributed by atoms with E-state index in [4.69, 9.17) is 4.74 Å². The first-order valence-corrected chi connectivity index (χ1v) is 5.92. The highest BCUT2D eigenvalue weighted by molar-refractivity contribution is 9.10. The van der Waals surface area contributed by atoms with E-state index in [-0.39, 0.29) is 6.10 Å². The second kappa shape index (κ2) is 4.70. The number of benzene rings is 1. The van der Waals surface area contributed by atoms with Crippen molar-refractivity contribution in [3.05, 3.63) is 34.9 Å². The van der Waals surface area contributed by atoms with Crippen molar-refractivity contribution >= 4 is 15.9 Å². The van der Waals surface area contributed by atoms with E-state index >= 15 is 0 Å². The van der Waals surface area contributed by atoms with Crippen LogP contribution in [0.2, 0.25) is 0 Å². The molecule has 0 radical (unpaired) electrons. The summed E-state index contributed by atoms with van der Waals surface area (Å²) in [4.78, 5) is 0. The maximum Gasteiger partial charge on any atom is 0.120 e. The Balaban J connectivity index is 2.33. The molecule has 16 heavy (non-hydrogen) atoms. The number of rotatable bonds is 3. The van der Waals surface area contributed by atoms with Crippen molar-refractivity contribution < 1.29 is 4.74 Å². The molecule has 0 atom stereocenters. The lowest BCUT2D eigenvalue weighted by Crippen LogP contribution is -2.05. The van der Waals surface area contributed by atoms with E-state index in [1.807, 2.05) is 38.1 Å². The number of nitrogens with one attached hydrogen (secondary N) is 1. The van der Waals surface area contributed by atoms with Crippen LogP contribution in [0.3, 0.4) is 0 Å². The molecule has 2 rings (SSSR count). The maximum atomic E-state index is 5.64. The maximum absolute atomic E-state index is 5.64. The number of halogens is 1. The summed E-state index contributed by atoms with van der Waals surface area (Å²) in [6, 6.07) is 7.94. The van der Waals surface area contributed by atoms with Crippen LogP contribution in [0.15, 0.2) is 34.9 Å². The lowest BCUT2D eigenvalue weighted by atomic mass is 10.1. The molecule has 2 aromatic rings. The van der Waals surface area contributed by atoms with Gasteiger partial charge in [0.1, 0.15) is 5.75 Å². The molecular weight excluding hydrogens is 268 g/mol. The average molecular weight is 281 g/mol. The van der Waals surface area contributed by atoms with Gasteiger partial charge in [-0.05, 0) is 41.9 Å². The molecule has 0 amide bonds. The van der Waals surface area contributed by atoms with Gasteiger partial charge < -0.3 is 4.74 Å². The van der Waals surface area contributed by atoms with Crippen LogP contribution < -0.4 is 4.74 Å². The van der Waals surface area contributed by atoms with Gasteiger partial charge >= 0.3 is 0 Å². The average Bonchev–Trinajstić information content (AvgIpc) is 2.64. The predicted octanol–water partition coefficient (Wildman–Crippen LogP) is 3.63. The van der Waals surface area contributed by atoms with E-state index in [2.05, 4.69) is 26.1 Å². The van der Waals surface area contributed by atoms with Gasteiger partial charge in [0.05, 0.1) is 22.5 Å². The molecule has 0 aliphatic rings. The van der Waals surface area contributed by atoms with Crippen molar-refractivity contribution in [1.29, 1.82) is 0 Å². The highest BCUT2D eigenvalue weighted by Gasteiger charge is 2.06. The Kier molecular flexibility index (Phi) is 3.29. The summed E-state index contributed by atoms with van der Waals surface area (Å²) in [5.74, 6) is 0.869. The highest BCUT2D eigenvalue weighted by Crippen LogP contribution is 2.28. The van der Waals surface area contributed by atoms with Crippen molar-refractivity contribution in [2.75, 3.05) is 0 Å².